The molecule has 0 aliphatic heterocycles. The number of Topliss-reactive ketones (excluding diaryl/α,β-unsaturated/α-hetero) is 2. The number of anilines is 1. The molecule has 1 heterocycles. The summed E-state index contributed by atoms with van der Waals surface area (Å²) in [5.41, 5.74) is 5.06. The number of nitrogens with one attached hydrogen (secondary N) is 1. The summed E-state index contributed by atoms with van der Waals surface area (Å²) in [4.78, 5) is 33.7. The molecule has 6 heteroatoms. The first-order valence-corrected chi connectivity index (χ1v) is 14.5. The first-order chi connectivity index (χ1) is 20.2. The Morgan fingerprint density at radius 1 is 0.610 bits per heavy atom. The van der Waals surface area contributed by atoms with E-state index in [1.807, 2.05) is 133 Å². The Balaban J connectivity index is 1.68. The van der Waals surface area contributed by atoms with Crippen molar-refractivity contribution >= 4 is 51.1 Å². The number of aromatic nitrogens is 1. The van der Waals surface area contributed by atoms with E-state index in [-0.39, 0.29) is 11.6 Å². The smallest absolute Gasteiger partial charge is 0.193 e. The minimum Gasteiger partial charge on any atom is -0.308 e. The maximum atomic E-state index is 14.5. The zero-order valence-electron chi connectivity index (χ0n) is 22.0. The van der Waals surface area contributed by atoms with Crippen molar-refractivity contribution in [1.29, 1.82) is 0 Å². The first kappa shape index (κ1) is 26.7. The molecule has 6 rings (SSSR count). The van der Waals surface area contributed by atoms with Crippen molar-refractivity contribution in [2.75, 3.05) is 4.72 Å². The molecule has 0 bridgehead atoms. The second kappa shape index (κ2) is 11.9. The molecule has 0 saturated heterocycles. The van der Waals surface area contributed by atoms with Gasteiger partial charge < -0.3 is 4.72 Å². The lowest BCUT2D eigenvalue weighted by Gasteiger charge is -2.26. The lowest BCUT2D eigenvalue weighted by atomic mass is 9.76. The van der Waals surface area contributed by atoms with E-state index in [2.05, 4.69) is 17.5 Å². The van der Waals surface area contributed by atoms with E-state index in [9.17, 15) is 9.59 Å². The Morgan fingerprint density at radius 2 is 1.07 bits per heavy atom. The summed E-state index contributed by atoms with van der Waals surface area (Å²) in [6, 6.07) is 42.1. The molecular formula is C35H26N2O2S2. The number of hydrogen-bond acceptors (Lipinski definition) is 6. The van der Waals surface area contributed by atoms with Gasteiger partial charge in [-0.1, -0.05) is 152 Å². The van der Waals surface area contributed by atoms with Crippen molar-refractivity contribution in [3.8, 4) is 0 Å². The van der Waals surface area contributed by atoms with E-state index in [1.165, 1.54) is 11.3 Å². The summed E-state index contributed by atoms with van der Waals surface area (Å²) in [5.74, 6) is -1.44. The normalized spacial score (nSPS) is 12.5. The largest absolute Gasteiger partial charge is 0.308 e. The monoisotopic (exact) mass is 570 g/mol. The molecule has 0 spiro atoms. The lowest BCUT2D eigenvalue weighted by Crippen LogP contribution is -2.21. The van der Waals surface area contributed by atoms with Crippen LogP contribution in [-0.4, -0.2) is 16.6 Å². The van der Waals surface area contributed by atoms with Crippen molar-refractivity contribution in [2.45, 2.75) is 11.8 Å². The highest BCUT2D eigenvalue weighted by Crippen LogP contribution is 2.43. The van der Waals surface area contributed by atoms with E-state index in [1.54, 1.807) is 0 Å². The molecule has 0 amide bonds. The number of hydrogen-bond donors (Lipinski definition) is 2. The maximum Gasteiger partial charge on any atom is 0.193 e. The molecule has 2 atom stereocenters. The second-order valence-corrected chi connectivity index (χ2v) is 10.9. The van der Waals surface area contributed by atoms with Crippen molar-refractivity contribution in [2.24, 2.45) is 0 Å². The van der Waals surface area contributed by atoms with Crippen LogP contribution in [0.2, 0.25) is 0 Å². The molecule has 6 aromatic rings. The highest BCUT2D eigenvalue weighted by Gasteiger charge is 2.34. The number of carbonyl (C=O) groups is 2. The van der Waals surface area contributed by atoms with Crippen LogP contribution >= 0.6 is 24.2 Å². The van der Waals surface area contributed by atoms with E-state index >= 15 is 0 Å². The van der Waals surface area contributed by atoms with Crippen molar-refractivity contribution in [1.82, 2.24) is 4.98 Å². The molecule has 200 valence electrons. The predicted octanol–water partition coefficient (Wildman–Crippen LogP) is 8.58. The van der Waals surface area contributed by atoms with E-state index in [0.29, 0.717) is 21.8 Å². The minimum atomic E-state index is -0.693. The number of fused-ring (bicyclic) bond motifs is 1. The Morgan fingerprint density at radius 3 is 1.59 bits per heavy atom. The van der Waals surface area contributed by atoms with Crippen LogP contribution in [0.25, 0.3) is 10.2 Å². The van der Waals surface area contributed by atoms with Gasteiger partial charge in [-0.25, -0.2) is 4.98 Å². The first-order valence-electron chi connectivity index (χ1n) is 13.3. The standard InChI is InChI=1S/C35H26N2O2S2/c38-33(25-17-9-3-10-18-25)29(23-13-5-1-6-14-23)27-21-22-28-32(36-35(37-40)41-28)31(27)30(24-15-7-2-8-16-24)34(39)26-19-11-4-12-20-26/h1-22,29-30,40H,(H,36,37). The Labute approximate surface area is 248 Å². The van der Waals surface area contributed by atoms with Crippen LogP contribution in [0.3, 0.4) is 0 Å². The third-order valence-electron chi connectivity index (χ3n) is 7.24. The van der Waals surface area contributed by atoms with Gasteiger partial charge in [-0.05, 0) is 28.3 Å². The average Bonchev–Trinajstić information content (AvgIpc) is 3.48. The highest BCUT2D eigenvalue weighted by molar-refractivity contribution is 7.82. The summed E-state index contributed by atoms with van der Waals surface area (Å²) in [5, 5.41) is 0.617. The Bertz CT molecular complexity index is 1810. The fraction of sp³-hybridized carbons (Fsp3) is 0.0571. The molecule has 0 saturated carbocycles. The summed E-state index contributed by atoms with van der Waals surface area (Å²) in [7, 11) is 0. The predicted molar refractivity (Wildman–Crippen MR) is 170 cm³/mol. The molecular weight excluding hydrogens is 545 g/mol. The summed E-state index contributed by atoms with van der Waals surface area (Å²) in [6.07, 6.45) is 0. The summed E-state index contributed by atoms with van der Waals surface area (Å²) >= 11 is 5.71. The minimum absolute atomic E-state index is 0.0425. The van der Waals surface area contributed by atoms with Crippen LogP contribution in [0.5, 0.6) is 0 Å². The van der Waals surface area contributed by atoms with Gasteiger partial charge in [-0.3, -0.25) is 9.59 Å². The molecule has 5 aromatic carbocycles. The number of carbonyl (C=O) groups excluding carboxylic acids is 2. The van der Waals surface area contributed by atoms with Crippen LogP contribution < -0.4 is 4.72 Å². The zero-order chi connectivity index (χ0) is 28.2. The van der Waals surface area contributed by atoms with Crippen LogP contribution in [0, 0.1) is 0 Å². The van der Waals surface area contributed by atoms with Gasteiger partial charge in [0, 0.05) is 11.1 Å². The molecule has 4 nitrogen and oxygen atoms in total. The van der Waals surface area contributed by atoms with Gasteiger partial charge in [0.2, 0.25) is 0 Å². The van der Waals surface area contributed by atoms with Crippen LogP contribution in [-0.2, 0) is 0 Å². The Hall–Kier alpha value is -4.52. The summed E-state index contributed by atoms with van der Waals surface area (Å²) in [6.45, 7) is 0. The fourth-order valence-corrected chi connectivity index (χ4v) is 6.35. The number of benzene rings is 5. The van der Waals surface area contributed by atoms with Crippen molar-refractivity contribution < 1.29 is 9.59 Å². The molecule has 41 heavy (non-hydrogen) atoms. The second-order valence-electron chi connectivity index (χ2n) is 9.69. The number of rotatable bonds is 9. The van der Waals surface area contributed by atoms with Crippen molar-refractivity contribution in [3.63, 3.8) is 0 Å². The van der Waals surface area contributed by atoms with E-state index in [4.69, 9.17) is 4.98 Å². The van der Waals surface area contributed by atoms with E-state index < -0.39 is 11.8 Å². The van der Waals surface area contributed by atoms with Gasteiger partial charge in [-0.2, -0.15) is 0 Å². The van der Waals surface area contributed by atoms with Gasteiger partial charge >= 0.3 is 0 Å². The Kier molecular flexibility index (Phi) is 7.76. The number of thiazole rings is 1. The number of thiol groups is 1. The maximum absolute atomic E-state index is 14.5. The molecule has 0 radical (unpaired) electrons. The van der Waals surface area contributed by atoms with Gasteiger partial charge in [0.25, 0.3) is 0 Å². The average molecular weight is 571 g/mol. The zero-order valence-corrected chi connectivity index (χ0v) is 23.7. The van der Waals surface area contributed by atoms with E-state index in [0.717, 1.165) is 27.0 Å². The van der Waals surface area contributed by atoms with Crippen LogP contribution in [0.1, 0.15) is 54.8 Å². The van der Waals surface area contributed by atoms with Gasteiger partial charge in [0.05, 0.1) is 22.1 Å². The summed E-state index contributed by atoms with van der Waals surface area (Å²) < 4.78 is 3.77. The topological polar surface area (TPSA) is 59.1 Å². The SMILES string of the molecule is O=C(c1ccccc1)C(c1ccccc1)c1ccc2sc(NS)nc2c1C(C(=O)c1ccccc1)c1ccccc1. The van der Waals surface area contributed by atoms with Gasteiger partial charge in [0.1, 0.15) is 0 Å². The highest BCUT2D eigenvalue weighted by atomic mass is 32.1. The van der Waals surface area contributed by atoms with Gasteiger partial charge in [-0.15, -0.1) is 0 Å². The number of ketones is 2. The molecule has 2 unspecified atom stereocenters. The quantitative estimate of drug-likeness (QED) is 0.135. The molecule has 1 aromatic heterocycles. The molecule has 0 aliphatic rings. The number of nitrogens with zero attached hydrogens (tertiary/aromatic N) is 1. The third-order valence-corrected chi connectivity index (χ3v) is 8.54. The van der Waals surface area contributed by atoms with Gasteiger partial charge in [0.15, 0.2) is 16.7 Å². The van der Waals surface area contributed by atoms with Crippen molar-refractivity contribution in [3.05, 3.63) is 167 Å². The fourth-order valence-electron chi connectivity index (χ4n) is 5.38. The molecule has 0 aliphatic carbocycles. The lowest BCUT2D eigenvalue weighted by molar-refractivity contribution is 0.0958. The third kappa shape index (κ3) is 5.32. The van der Waals surface area contributed by atoms with Crippen LogP contribution in [0.4, 0.5) is 5.13 Å². The van der Waals surface area contributed by atoms with Crippen LogP contribution in [0.15, 0.2) is 133 Å². The molecule has 0 fully saturated rings. The molecule has 1 N–H and O–H groups in total.